The number of nitrogens with zero attached hydrogens (tertiary/aromatic N) is 1. The van der Waals surface area contributed by atoms with Crippen molar-refractivity contribution in [3.05, 3.63) is 58.1 Å². The molecule has 0 fully saturated rings. The monoisotopic (exact) mass is 286 g/mol. The minimum atomic E-state index is 0.639. The zero-order valence-corrected chi connectivity index (χ0v) is 11.0. The predicted molar refractivity (Wildman–Crippen MR) is 73.3 cm³/mol. The Balaban J connectivity index is 2.25. The molecule has 0 saturated heterocycles. The minimum absolute atomic E-state index is 0.639. The number of halogens is 1. The van der Waals surface area contributed by atoms with E-state index in [1.165, 1.54) is 5.56 Å². The van der Waals surface area contributed by atoms with Crippen LogP contribution >= 0.6 is 15.9 Å². The number of aryl methyl sites for hydroxylation is 1. The smallest absolute Gasteiger partial charge is 0.100 e. The molecule has 0 aliphatic heterocycles. The molecule has 0 bridgehead atoms. The lowest BCUT2D eigenvalue weighted by atomic mass is 10.2. The summed E-state index contributed by atoms with van der Waals surface area (Å²) in [5.41, 5.74) is 3.85. The molecule has 0 radical (unpaired) electrons. The Labute approximate surface area is 109 Å². The zero-order valence-electron chi connectivity index (χ0n) is 9.37. The van der Waals surface area contributed by atoms with Crippen LogP contribution in [0, 0.1) is 18.3 Å². The van der Waals surface area contributed by atoms with Crippen molar-refractivity contribution in [2.24, 2.45) is 0 Å². The van der Waals surface area contributed by atoms with E-state index >= 15 is 0 Å². The standard InChI is InChI=1S/C14H11BrN2/c1-10-3-2-4-12(7-10)17-13-6-5-11(9-16)14(15)8-13/h2-8,17H,1H3. The van der Waals surface area contributed by atoms with E-state index in [0.717, 1.165) is 15.8 Å². The summed E-state index contributed by atoms with van der Waals surface area (Å²) >= 11 is 3.37. The zero-order chi connectivity index (χ0) is 12.3. The number of nitriles is 1. The Kier molecular flexibility index (Phi) is 3.46. The molecule has 0 heterocycles. The van der Waals surface area contributed by atoms with Gasteiger partial charge in [-0.15, -0.1) is 0 Å². The van der Waals surface area contributed by atoms with Crippen molar-refractivity contribution in [1.29, 1.82) is 5.26 Å². The highest BCUT2D eigenvalue weighted by Crippen LogP contribution is 2.23. The molecule has 3 heteroatoms. The van der Waals surface area contributed by atoms with Crippen LogP contribution < -0.4 is 5.32 Å². The van der Waals surface area contributed by atoms with Crippen LogP contribution in [0.3, 0.4) is 0 Å². The average Bonchev–Trinajstić information content (AvgIpc) is 2.29. The Morgan fingerprint density at radius 2 is 1.88 bits per heavy atom. The molecular weight excluding hydrogens is 276 g/mol. The van der Waals surface area contributed by atoms with Crippen LogP contribution in [0.5, 0.6) is 0 Å². The fraction of sp³-hybridized carbons (Fsp3) is 0.0714. The maximum Gasteiger partial charge on any atom is 0.100 e. The third-order valence-corrected chi connectivity index (χ3v) is 3.05. The molecule has 2 aromatic rings. The lowest BCUT2D eigenvalue weighted by molar-refractivity contribution is 1.43. The Hall–Kier alpha value is -1.79. The van der Waals surface area contributed by atoms with E-state index in [1.54, 1.807) is 6.07 Å². The van der Waals surface area contributed by atoms with Gasteiger partial charge in [0.1, 0.15) is 6.07 Å². The van der Waals surface area contributed by atoms with Gasteiger partial charge in [0, 0.05) is 15.8 Å². The van der Waals surface area contributed by atoms with E-state index in [2.05, 4.69) is 46.4 Å². The van der Waals surface area contributed by atoms with E-state index < -0.39 is 0 Å². The fourth-order valence-electron chi connectivity index (χ4n) is 1.57. The van der Waals surface area contributed by atoms with Crippen LogP contribution in [0.1, 0.15) is 11.1 Å². The molecular formula is C14H11BrN2. The average molecular weight is 287 g/mol. The molecule has 0 amide bonds. The van der Waals surface area contributed by atoms with Crippen LogP contribution in [0.15, 0.2) is 46.9 Å². The first kappa shape index (κ1) is 11.7. The van der Waals surface area contributed by atoms with E-state index in [4.69, 9.17) is 5.26 Å². The highest BCUT2D eigenvalue weighted by molar-refractivity contribution is 9.10. The van der Waals surface area contributed by atoms with Crippen LogP contribution in [0.2, 0.25) is 0 Å². The maximum atomic E-state index is 8.84. The summed E-state index contributed by atoms with van der Waals surface area (Å²) < 4.78 is 0.803. The molecule has 0 spiro atoms. The van der Waals surface area contributed by atoms with Crippen molar-refractivity contribution in [1.82, 2.24) is 0 Å². The van der Waals surface area contributed by atoms with Gasteiger partial charge >= 0.3 is 0 Å². The quantitative estimate of drug-likeness (QED) is 0.890. The molecule has 0 aliphatic carbocycles. The summed E-state index contributed by atoms with van der Waals surface area (Å²) in [6.45, 7) is 2.06. The van der Waals surface area contributed by atoms with Crippen molar-refractivity contribution in [3.8, 4) is 6.07 Å². The lowest BCUT2D eigenvalue weighted by Crippen LogP contribution is -1.91. The lowest BCUT2D eigenvalue weighted by Gasteiger charge is -2.08. The Bertz CT molecular complexity index is 585. The van der Waals surface area contributed by atoms with Crippen LogP contribution in [-0.4, -0.2) is 0 Å². The van der Waals surface area contributed by atoms with Crippen molar-refractivity contribution >= 4 is 27.3 Å². The molecule has 0 atom stereocenters. The van der Waals surface area contributed by atoms with Crippen LogP contribution in [0.25, 0.3) is 0 Å². The summed E-state index contributed by atoms with van der Waals surface area (Å²) in [4.78, 5) is 0. The second-order valence-corrected chi connectivity index (χ2v) is 4.66. The highest BCUT2D eigenvalue weighted by atomic mass is 79.9. The summed E-state index contributed by atoms with van der Waals surface area (Å²) in [5.74, 6) is 0. The van der Waals surface area contributed by atoms with Crippen molar-refractivity contribution in [3.63, 3.8) is 0 Å². The summed E-state index contributed by atoms with van der Waals surface area (Å²) in [7, 11) is 0. The summed E-state index contributed by atoms with van der Waals surface area (Å²) in [6, 6.07) is 15.9. The molecule has 0 unspecified atom stereocenters. The molecule has 0 aliphatic rings. The molecule has 2 aromatic carbocycles. The van der Waals surface area contributed by atoms with Crippen LogP contribution in [0.4, 0.5) is 11.4 Å². The van der Waals surface area contributed by atoms with Gasteiger partial charge in [-0.05, 0) is 58.7 Å². The molecule has 2 rings (SSSR count). The fourth-order valence-corrected chi connectivity index (χ4v) is 2.04. The number of anilines is 2. The molecule has 84 valence electrons. The van der Waals surface area contributed by atoms with Crippen molar-refractivity contribution in [2.75, 3.05) is 5.32 Å². The van der Waals surface area contributed by atoms with E-state index in [-0.39, 0.29) is 0 Å². The first-order chi connectivity index (χ1) is 8.19. The molecule has 1 N–H and O–H groups in total. The molecule has 0 aromatic heterocycles. The number of hydrogen-bond donors (Lipinski definition) is 1. The topological polar surface area (TPSA) is 35.8 Å². The van der Waals surface area contributed by atoms with Gasteiger partial charge in [0.05, 0.1) is 5.56 Å². The van der Waals surface area contributed by atoms with E-state index in [0.29, 0.717) is 5.56 Å². The van der Waals surface area contributed by atoms with Gasteiger partial charge in [-0.25, -0.2) is 0 Å². The third-order valence-electron chi connectivity index (χ3n) is 2.40. The Morgan fingerprint density at radius 1 is 1.12 bits per heavy atom. The second-order valence-electron chi connectivity index (χ2n) is 3.80. The van der Waals surface area contributed by atoms with Gasteiger partial charge in [0.2, 0.25) is 0 Å². The molecule has 2 nitrogen and oxygen atoms in total. The van der Waals surface area contributed by atoms with E-state index in [9.17, 15) is 0 Å². The van der Waals surface area contributed by atoms with Gasteiger partial charge in [-0.1, -0.05) is 12.1 Å². The first-order valence-corrected chi connectivity index (χ1v) is 6.01. The SMILES string of the molecule is Cc1cccc(Nc2ccc(C#N)c(Br)c2)c1. The van der Waals surface area contributed by atoms with Crippen molar-refractivity contribution < 1.29 is 0 Å². The molecule has 17 heavy (non-hydrogen) atoms. The number of hydrogen-bond acceptors (Lipinski definition) is 2. The second kappa shape index (κ2) is 5.03. The predicted octanol–water partition coefficient (Wildman–Crippen LogP) is 4.37. The third kappa shape index (κ3) is 2.86. The molecule has 0 saturated carbocycles. The maximum absolute atomic E-state index is 8.84. The van der Waals surface area contributed by atoms with Gasteiger partial charge in [0.25, 0.3) is 0 Å². The number of nitrogens with one attached hydrogen (secondary N) is 1. The first-order valence-electron chi connectivity index (χ1n) is 5.22. The van der Waals surface area contributed by atoms with Crippen LogP contribution in [-0.2, 0) is 0 Å². The Morgan fingerprint density at radius 3 is 2.53 bits per heavy atom. The summed E-state index contributed by atoms with van der Waals surface area (Å²) in [5, 5.41) is 12.1. The van der Waals surface area contributed by atoms with Crippen molar-refractivity contribution in [2.45, 2.75) is 6.92 Å². The highest BCUT2D eigenvalue weighted by Gasteiger charge is 2.01. The number of benzene rings is 2. The van der Waals surface area contributed by atoms with Gasteiger partial charge in [0.15, 0.2) is 0 Å². The van der Waals surface area contributed by atoms with Gasteiger partial charge < -0.3 is 5.32 Å². The minimum Gasteiger partial charge on any atom is -0.355 e. The van der Waals surface area contributed by atoms with Gasteiger partial charge in [-0.3, -0.25) is 0 Å². The normalized spacial score (nSPS) is 9.71. The van der Waals surface area contributed by atoms with E-state index in [1.807, 2.05) is 24.3 Å². The number of rotatable bonds is 2. The largest absolute Gasteiger partial charge is 0.355 e. The summed E-state index contributed by atoms with van der Waals surface area (Å²) in [6.07, 6.45) is 0. The van der Waals surface area contributed by atoms with Gasteiger partial charge in [-0.2, -0.15) is 5.26 Å².